The second-order valence-corrected chi connectivity index (χ2v) is 4.97. The molecule has 16 heavy (non-hydrogen) atoms. The summed E-state index contributed by atoms with van der Waals surface area (Å²) in [6.45, 7) is 6.25. The lowest BCUT2D eigenvalue weighted by Gasteiger charge is -2.08. The molecule has 0 heterocycles. The molecule has 0 bridgehead atoms. The maximum Gasteiger partial charge on any atom is 0.0545 e. The Morgan fingerprint density at radius 1 is 1.38 bits per heavy atom. The SMILES string of the molecule is C#CCSCCNCc1cc(C)ccc1C. The van der Waals surface area contributed by atoms with Crippen LogP contribution in [0.3, 0.4) is 0 Å². The molecule has 2 heteroatoms. The van der Waals surface area contributed by atoms with Gasteiger partial charge < -0.3 is 5.32 Å². The maximum atomic E-state index is 5.18. The molecule has 0 aliphatic heterocycles. The summed E-state index contributed by atoms with van der Waals surface area (Å²) in [6.07, 6.45) is 5.18. The number of aryl methyl sites for hydroxylation is 2. The topological polar surface area (TPSA) is 12.0 Å². The van der Waals surface area contributed by atoms with Gasteiger partial charge in [0.15, 0.2) is 0 Å². The monoisotopic (exact) mass is 233 g/mol. The first-order chi connectivity index (χ1) is 7.74. The van der Waals surface area contributed by atoms with Crippen molar-refractivity contribution in [1.82, 2.24) is 5.32 Å². The number of thioether (sulfide) groups is 1. The molecular formula is C14H19NS. The minimum absolute atomic E-state index is 0.811. The third-order valence-electron chi connectivity index (χ3n) is 2.43. The summed E-state index contributed by atoms with van der Waals surface area (Å²) >= 11 is 1.80. The number of terminal acetylenes is 1. The van der Waals surface area contributed by atoms with E-state index >= 15 is 0 Å². The third kappa shape index (κ3) is 4.74. The molecule has 0 spiro atoms. The fourth-order valence-electron chi connectivity index (χ4n) is 1.49. The Balaban J connectivity index is 2.27. The van der Waals surface area contributed by atoms with Crippen LogP contribution in [0, 0.1) is 26.2 Å². The Morgan fingerprint density at radius 2 is 2.19 bits per heavy atom. The summed E-state index contributed by atoms with van der Waals surface area (Å²) in [5.41, 5.74) is 4.07. The van der Waals surface area contributed by atoms with Gasteiger partial charge >= 0.3 is 0 Å². The molecule has 0 unspecified atom stereocenters. The van der Waals surface area contributed by atoms with Crippen molar-refractivity contribution in [3.8, 4) is 12.3 Å². The molecule has 86 valence electrons. The highest BCUT2D eigenvalue weighted by Gasteiger charge is 1.97. The Bertz CT molecular complexity index is 365. The standard InChI is InChI=1S/C14H19NS/c1-4-8-16-9-7-15-11-14-10-12(2)5-6-13(14)3/h1,5-6,10,15H,7-9,11H2,2-3H3. The molecule has 0 aliphatic rings. The lowest BCUT2D eigenvalue weighted by Crippen LogP contribution is -2.17. The molecule has 0 aromatic heterocycles. The number of hydrogen-bond donors (Lipinski definition) is 1. The summed E-state index contributed by atoms with van der Waals surface area (Å²) < 4.78 is 0. The van der Waals surface area contributed by atoms with Gasteiger partial charge in [-0.25, -0.2) is 0 Å². The molecule has 1 rings (SSSR count). The van der Waals surface area contributed by atoms with Crippen molar-refractivity contribution < 1.29 is 0 Å². The lowest BCUT2D eigenvalue weighted by molar-refractivity contribution is 0.728. The Labute approximate surface area is 103 Å². The van der Waals surface area contributed by atoms with Gasteiger partial charge in [-0.2, -0.15) is 0 Å². The number of nitrogens with one attached hydrogen (secondary N) is 1. The fourth-order valence-corrected chi connectivity index (χ4v) is 2.04. The average Bonchev–Trinajstić information content (AvgIpc) is 2.28. The predicted octanol–water partition coefficient (Wildman–Crippen LogP) is 2.76. The molecule has 0 amide bonds. The predicted molar refractivity (Wildman–Crippen MR) is 73.8 cm³/mol. The van der Waals surface area contributed by atoms with E-state index in [0.29, 0.717) is 0 Å². The van der Waals surface area contributed by atoms with Gasteiger partial charge in [-0.1, -0.05) is 29.7 Å². The van der Waals surface area contributed by atoms with Crippen LogP contribution in [0.5, 0.6) is 0 Å². The van der Waals surface area contributed by atoms with Crippen LogP contribution in [0.2, 0.25) is 0 Å². The van der Waals surface area contributed by atoms with E-state index in [1.54, 1.807) is 11.8 Å². The molecule has 0 saturated heterocycles. The van der Waals surface area contributed by atoms with Crippen molar-refractivity contribution in [3.63, 3.8) is 0 Å². The van der Waals surface area contributed by atoms with Crippen LogP contribution in [-0.2, 0) is 6.54 Å². The van der Waals surface area contributed by atoms with E-state index in [1.807, 2.05) is 0 Å². The zero-order valence-electron chi connectivity index (χ0n) is 10.0. The van der Waals surface area contributed by atoms with Crippen molar-refractivity contribution in [2.75, 3.05) is 18.1 Å². The van der Waals surface area contributed by atoms with Crippen molar-refractivity contribution >= 4 is 11.8 Å². The summed E-state index contributed by atoms with van der Waals surface area (Å²) in [7, 11) is 0. The lowest BCUT2D eigenvalue weighted by atomic mass is 10.1. The molecule has 0 radical (unpaired) electrons. The minimum Gasteiger partial charge on any atom is -0.312 e. The molecular weight excluding hydrogens is 214 g/mol. The second-order valence-electron chi connectivity index (χ2n) is 3.86. The quantitative estimate of drug-likeness (QED) is 0.599. The van der Waals surface area contributed by atoms with Crippen LogP contribution in [0.15, 0.2) is 18.2 Å². The highest BCUT2D eigenvalue weighted by Crippen LogP contribution is 2.10. The van der Waals surface area contributed by atoms with Crippen LogP contribution in [0.25, 0.3) is 0 Å². The highest BCUT2D eigenvalue weighted by molar-refractivity contribution is 7.99. The summed E-state index contributed by atoms with van der Waals surface area (Å²) in [5, 5.41) is 3.44. The number of hydrogen-bond acceptors (Lipinski definition) is 2. The third-order valence-corrected chi connectivity index (χ3v) is 3.29. The molecule has 1 N–H and O–H groups in total. The highest BCUT2D eigenvalue weighted by atomic mass is 32.2. The van der Waals surface area contributed by atoms with E-state index in [0.717, 1.165) is 24.6 Å². The fraction of sp³-hybridized carbons (Fsp3) is 0.429. The van der Waals surface area contributed by atoms with E-state index in [1.165, 1.54) is 16.7 Å². The molecule has 0 atom stereocenters. The van der Waals surface area contributed by atoms with Crippen LogP contribution in [0.1, 0.15) is 16.7 Å². The van der Waals surface area contributed by atoms with Crippen molar-refractivity contribution in [3.05, 3.63) is 34.9 Å². The normalized spacial score (nSPS) is 10.1. The van der Waals surface area contributed by atoms with Crippen molar-refractivity contribution in [2.24, 2.45) is 0 Å². The van der Waals surface area contributed by atoms with E-state index in [9.17, 15) is 0 Å². The largest absolute Gasteiger partial charge is 0.312 e. The zero-order valence-corrected chi connectivity index (χ0v) is 10.9. The first-order valence-corrected chi connectivity index (χ1v) is 6.67. The van der Waals surface area contributed by atoms with Gasteiger partial charge in [-0.3, -0.25) is 0 Å². The molecule has 1 nitrogen and oxygen atoms in total. The van der Waals surface area contributed by atoms with E-state index in [-0.39, 0.29) is 0 Å². The smallest absolute Gasteiger partial charge is 0.0545 e. The van der Waals surface area contributed by atoms with Crippen molar-refractivity contribution in [1.29, 1.82) is 0 Å². The first-order valence-electron chi connectivity index (χ1n) is 5.52. The number of rotatable bonds is 6. The van der Waals surface area contributed by atoms with Crippen LogP contribution < -0.4 is 5.32 Å². The summed E-state index contributed by atoms with van der Waals surface area (Å²) in [5.74, 6) is 4.52. The Hall–Kier alpha value is -0.910. The van der Waals surface area contributed by atoms with Crippen LogP contribution in [0.4, 0.5) is 0 Å². The summed E-state index contributed by atoms with van der Waals surface area (Å²) in [4.78, 5) is 0. The maximum absolute atomic E-state index is 5.18. The molecule has 1 aromatic carbocycles. The summed E-state index contributed by atoms with van der Waals surface area (Å²) in [6, 6.07) is 6.58. The molecule has 1 aromatic rings. The van der Waals surface area contributed by atoms with Crippen LogP contribution >= 0.6 is 11.8 Å². The van der Waals surface area contributed by atoms with E-state index < -0.39 is 0 Å². The van der Waals surface area contributed by atoms with Gasteiger partial charge in [-0.05, 0) is 25.0 Å². The first kappa shape index (κ1) is 13.2. The molecule has 0 aliphatic carbocycles. The molecule has 0 fully saturated rings. The van der Waals surface area contributed by atoms with E-state index in [4.69, 9.17) is 6.42 Å². The van der Waals surface area contributed by atoms with Gasteiger partial charge in [0.1, 0.15) is 0 Å². The van der Waals surface area contributed by atoms with Gasteiger partial charge in [0.25, 0.3) is 0 Å². The van der Waals surface area contributed by atoms with E-state index in [2.05, 4.69) is 43.3 Å². The number of benzene rings is 1. The zero-order chi connectivity index (χ0) is 11.8. The minimum atomic E-state index is 0.811. The van der Waals surface area contributed by atoms with Gasteiger partial charge in [0.2, 0.25) is 0 Å². The Morgan fingerprint density at radius 3 is 2.94 bits per heavy atom. The van der Waals surface area contributed by atoms with Gasteiger partial charge in [0.05, 0.1) is 5.75 Å². The van der Waals surface area contributed by atoms with Crippen LogP contribution in [-0.4, -0.2) is 18.1 Å². The van der Waals surface area contributed by atoms with Gasteiger partial charge in [-0.15, -0.1) is 18.2 Å². The Kier molecular flexibility index (Phi) is 6.07. The van der Waals surface area contributed by atoms with Crippen molar-refractivity contribution in [2.45, 2.75) is 20.4 Å². The average molecular weight is 233 g/mol. The van der Waals surface area contributed by atoms with Gasteiger partial charge in [0, 0.05) is 18.8 Å². The molecule has 0 saturated carbocycles. The second kappa shape index (κ2) is 7.38.